The number of aliphatic hydroxyl groups is 1. The average molecular weight is 395 g/mol. The van der Waals surface area contributed by atoms with Gasteiger partial charge in [0.15, 0.2) is 11.5 Å². The number of nitrogens with zero attached hydrogens (tertiary/aromatic N) is 1. The first-order valence-electron chi connectivity index (χ1n) is 9.15. The first-order valence-corrected chi connectivity index (χ1v) is 9.15. The summed E-state index contributed by atoms with van der Waals surface area (Å²) in [6.45, 7) is 0.185. The zero-order chi connectivity index (χ0) is 20.4. The standard InChI is InChI=1S/C22H21NO6/c1-27-20-8-5-13(9-21(20)28-12-14-6-7-15(24)11-23-14)22-18(26)10-16-17(25)3-2-4-19(16)29-22/h2-9,11,18,22,24-26H,10,12H2,1H3. The number of pyridine rings is 1. The Morgan fingerprint density at radius 2 is 1.97 bits per heavy atom. The third-order valence-corrected chi connectivity index (χ3v) is 4.83. The van der Waals surface area contributed by atoms with Gasteiger partial charge in [0.2, 0.25) is 0 Å². The summed E-state index contributed by atoms with van der Waals surface area (Å²) in [5.74, 6) is 1.77. The lowest BCUT2D eigenvalue weighted by Gasteiger charge is -2.31. The van der Waals surface area contributed by atoms with Gasteiger partial charge in [0.25, 0.3) is 0 Å². The highest BCUT2D eigenvalue weighted by atomic mass is 16.5. The maximum Gasteiger partial charge on any atom is 0.162 e. The molecule has 0 aliphatic carbocycles. The molecule has 150 valence electrons. The highest BCUT2D eigenvalue weighted by Gasteiger charge is 2.32. The van der Waals surface area contributed by atoms with Crippen LogP contribution in [0.2, 0.25) is 0 Å². The van der Waals surface area contributed by atoms with Crippen molar-refractivity contribution in [2.24, 2.45) is 0 Å². The number of methoxy groups -OCH3 is 1. The molecule has 0 saturated heterocycles. The van der Waals surface area contributed by atoms with E-state index in [0.717, 1.165) is 5.56 Å². The fourth-order valence-electron chi connectivity index (χ4n) is 3.33. The van der Waals surface area contributed by atoms with Crippen LogP contribution in [0.3, 0.4) is 0 Å². The van der Waals surface area contributed by atoms with Crippen LogP contribution in [0.15, 0.2) is 54.7 Å². The predicted molar refractivity (Wildman–Crippen MR) is 104 cm³/mol. The monoisotopic (exact) mass is 395 g/mol. The van der Waals surface area contributed by atoms with Gasteiger partial charge in [0.05, 0.1) is 25.1 Å². The maximum atomic E-state index is 10.6. The van der Waals surface area contributed by atoms with E-state index < -0.39 is 12.2 Å². The van der Waals surface area contributed by atoms with E-state index in [0.29, 0.717) is 28.5 Å². The topological polar surface area (TPSA) is 101 Å². The number of phenols is 1. The molecule has 0 saturated carbocycles. The Hall–Kier alpha value is -3.45. The normalized spacial score (nSPS) is 17.9. The van der Waals surface area contributed by atoms with Crippen LogP contribution in [-0.2, 0) is 13.0 Å². The summed E-state index contributed by atoms with van der Waals surface area (Å²) in [5, 5.41) is 29.9. The second-order valence-corrected chi connectivity index (χ2v) is 6.77. The van der Waals surface area contributed by atoms with Gasteiger partial charge in [-0.3, -0.25) is 4.98 Å². The fourth-order valence-corrected chi connectivity index (χ4v) is 3.33. The number of fused-ring (bicyclic) bond motifs is 1. The molecule has 7 heteroatoms. The molecule has 3 N–H and O–H groups in total. The number of aliphatic hydroxyl groups excluding tert-OH is 1. The van der Waals surface area contributed by atoms with Crippen molar-refractivity contribution in [1.29, 1.82) is 0 Å². The van der Waals surface area contributed by atoms with Crippen molar-refractivity contribution in [2.45, 2.75) is 25.2 Å². The molecule has 0 bridgehead atoms. The minimum Gasteiger partial charge on any atom is -0.508 e. The Balaban J connectivity index is 1.58. The van der Waals surface area contributed by atoms with E-state index in [2.05, 4.69) is 4.98 Å². The van der Waals surface area contributed by atoms with Gasteiger partial charge in [-0.15, -0.1) is 0 Å². The SMILES string of the molecule is COc1ccc(C2Oc3cccc(O)c3CC2O)cc1OCc1ccc(O)cn1. The summed E-state index contributed by atoms with van der Waals surface area (Å²) >= 11 is 0. The van der Waals surface area contributed by atoms with Crippen LogP contribution in [0.25, 0.3) is 0 Å². The van der Waals surface area contributed by atoms with E-state index in [1.807, 2.05) is 6.07 Å². The number of phenolic OH excluding ortho intramolecular Hbond substituents is 1. The number of hydrogen-bond donors (Lipinski definition) is 3. The summed E-state index contributed by atoms with van der Waals surface area (Å²) in [4.78, 5) is 4.10. The van der Waals surface area contributed by atoms with Crippen LogP contribution >= 0.6 is 0 Å². The van der Waals surface area contributed by atoms with Crippen LogP contribution < -0.4 is 14.2 Å². The highest BCUT2D eigenvalue weighted by Crippen LogP contribution is 2.41. The summed E-state index contributed by atoms with van der Waals surface area (Å²) in [6, 6.07) is 13.6. The molecule has 0 spiro atoms. The Kier molecular flexibility index (Phi) is 5.14. The molecule has 1 aromatic heterocycles. The highest BCUT2D eigenvalue weighted by molar-refractivity contribution is 5.48. The van der Waals surface area contributed by atoms with E-state index >= 15 is 0 Å². The third-order valence-electron chi connectivity index (χ3n) is 4.83. The van der Waals surface area contributed by atoms with Gasteiger partial charge in [-0.2, -0.15) is 0 Å². The minimum absolute atomic E-state index is 0.0862. The molecule has 7 nitrogen and oxygen atoms in total. The molecule has 0 fully saturated rings. The number of aromatic hydroxyl groups is 2. The Labute approximate surface area is 167 Å². The van der Waals surface area contributed by atoms with Crippen molar-refractivity contribution in [3.63, 3.8) is 0 Å². The van der Waals surface area contributed by atoms with Gasteiger partial charge in [-0.25, -0.2) is 0 Å². The van der Waals surface area contributed by atoms with E-state index in [9.17, 15) is 15.3 Å². The molecule has 1 aliphatic rings. The van der Waals surface area contributed by atoms with Crippen LogP contribution in [0.5, 0.6) is 28.7 Å². The summed E-state index contributed by atoms with van der Waals surface area (Å²) in [6.07, 6.45) is 0.206. The zero-order valence-corrected chi connectivity index (χ0v) is 15.8. The zero-order valence-electron chi connectivity index (χ0n) is 15.8. The van der Waals surface area contributed by atoms with Crippen LogP contribution in [0.1, 0.15) is 22.9 Å². The molecule has 29 heavy (non-hydrogen) atoms. The molecule has 2 aromatic carbocycles. The van der Waals surface area contributed by atoms with Gasteiger partial charge in [0, 0.05) is 12.0 Å². The molecule has 0 amide bonds. The van der Waals surface area contributed by atoms with Crippen molar-refractivity contribution in [1.82, 2.24) is 4.98 Å². The van der Waals surface area contributed by atoms with Crippen molar-refractivity contribution >= 4 is 0 Å². The van der Waals surface area contributed by atoms with Crippen LogP contribution in [-0.4, -0.2) is 33.5 Å². The molecule has 1 aliphatic heterocycles. The van der Waals surface area contributed by atoms with E-state index in [1.165, 1.54) is 6.20 Å². The Morgan fingerprint density at radius 1 is 1.10 bits per heavy atom. The van der Waals surface area contributed by atoms with Gasteiger partial charge in [-0.1, -0.05) is 12.1 Å². The number of aromatic nitrogens is 1. The van der Waals surface area contributed by atoms with E-state index in [4.69, 9.17) is 14.2 Å². The van der Waals surface area contributed by atoms with Crippen molar-refractivity contribution in [2.75, 3.05) is 7.11 Å². The van der Waals surface area contributed by atoms with Crippen molar-refractivity contribution in [3.8, 4) is 28.7 Å². The number of ether oxygens (including phenoxy) is 3. The van der Waals surface area contributed by atoms with Crippen LogP contribution in [0, 0.1) is 0 Å². The first-order chi connectivity index (χ1) is 14.0. The molecule has 2 atom stereocenters. The maximum absolute atomic E-state index is 10.6. The van der Waals surface area contributed by atoms with Gasteiger partial charge in [-0.05, 0) is 42.0 Å². The van der Waals surface area contributed by atoms with Gasteiger partial charge in [0.1, 0.15) is 30.0 Å². The smallest absolute Gasteiger partial charge is 0.162 e. The Bertz CT molecular complexity index is 1000. The second-order valence-electron chi connectivity index (χ2n) is 6.77. The lowest BCUT2D eigenvalue weighted by molar-refractivity contribution is 0.0198. The molecular weight excluding hydrogens is 374 g/mol. The van der Waals surface area contributed by atoms with Crippen molar-refractivity contribution in [3.05, 3.63) is 71.5 Å². The molecular formula is C22H21NO6. The summed E-state index contributed by atoms with van der Waals surface area (Å²) < 4.78 is 17.2. The minimum atomic E-state index is -0.823. The first kappa shape index (κ1) is 18.9. The fraction of sp³-hybridized carbons (Fsp3) is 0.227. The second kappa shape index (κ2) is 7.89. The summed E-state index contributed by atoms with van der Waals surface area (Å²) in [7, 11) is 1.55. The largest absolute Gasteiger partial charge is 0.508 e. The van der Waals surface area contributed by atoms with Gasteiger partial charge < -0.3 is 29.5 Å². The lowest BCUT2D eigenvalue weighted by atomic mass is 9.94. The average Bonchev–Trinajstić information content (AvgIpc) is 2.73. The number of rotatable bonds is 5. The number of benzene rings is 2. The van der Waals surface area contributed by atoms with E-state index in [1.54, 1.807) is 49.6 Å². The van der Waals surface area contributed by atoms with E-state index in [-0.39, 0.29) is 24.5 Å². The van der Waals surface area contributed by atoms with Crippen LogP contribution in [0.4, 0.5) is 0 Å². The summed E-state index contributed by atoms with van der Waals surface area (Å²) in [5.41, 5.74) is 1.97. The lowest BCUT2D eigenvalue weighted by Crippen LogP contribution is -2.30. The Morgan fingerprint density at radius 3 is 2.72 bits per heavy atom. The van der Waals surface area contributed by atoms with Gasteiger partial charge >= 0.3 is 0 Å². The van der Waals surface area contributed by atoms with Crippen molar-refractivity contribution < 1.29 is 29.5 Å². The number of hydrogen-bond acceptors (Lipinski definition) is 7. The molecule has 2 heterocycles. The quantitative estimate of drug-likeness (QED) is 0.610. The molecule has 3 aromatic rings. The predicted octanol–water partition coefficient (Wildman–Crippen LogP) is 3.12. The molecule has 0 radical (unpaired) electrons. The third kappa shape index (κ3) is 3.90. The molecule has 4 rings (SSSR count). The molecule has 2 unspecified atom stereocenters.